The van der Waals surface area contributed by atoms with Crippen LogP contribution in [0.4, 0.5) is 4.79 Å². The number of carbonyl (C=O) groups is 2. The van der Waals surface area contributed by atoms with Crippen molar-refractivity contribution in [2.45, 2.75) is 25.9 Å². The number of aromatic nitrogens is 1. The van der Waals surface area contributed by atoms with E-state index in [0.717, 1.165) is 23.4 Å². The van der Waals surface area contributed by atoms with Crippen molar-refractivity contribution in [3.05, 3.63) is 52.0 Å². The molecule has 0 bridgehead atoms. The number of likely N-dealkylation sites (tertiary alicyclic amines) is 1. The van der Waals surface area contributed by atoms with Crippen molar-refractivity contribution in [2.24, 2.45) is 5.92 Å². The summed E-state index contributed by atoms with van der Waals surface area (Å²) in [4.78, 5) is 29.1. The molecule has 1 saturated heterocycles. The quantitative estimate of drug-likeness (QED) is 0.883. The molecular formula is C18H20N2O4S. The summed E-state index contributed by atoms with van der Waals surface area (Å²) >= 11 is 1.36. The SMILES string of the molecule is O=C(O)c1csc(CC2CCCN(C(=O)OCc3ccccc3)C2)n1. The van der Waals surface area contributed by atoms with Gasteiger partial charge in [0.15, 0.2) is 5.69 Å². The predicted molar refractivity (Wildman–Crippen MR) is 93.7 cm³/mol. The molecule has 1 aromatic heterocycles. The number of piperidine rings is 1. The molecule has 1 N–H and O–H groups in total. The van der Waals surface area contributed by atoms with E-state index in [1.165, 1.54) is 11.3 Å². The van der Waals surface area contributed by atoms with Crippen molar-refractivity contribution in [1.82, 2.24) is 9.88 Å². The van der Waals surface area contributed by atoms with E-state index in [1.807, 2.05) is 30.3 Å². The molecule has 3 rings (SSSR count). The first-order valence-electron chi connectivity index (χ1n) is 8.25. The van der Waals surface area contributed by atoms with Crippen LogP contribution in [0, 0.1) is 5.92 Å². The Balaban J connectivity index is 1.51. The third-order valence-corrected chi connectivity index (χ3v) is 5.09. The maximum Gasteiger partial charge on any atom is 0.410 e. The molecule has 1 atom stereocenters. The topological polar surface area (TPSA) is 79.7 Å². The second-order valence-corrected chi connectivity index (χ2v) is 7.07. The van der Waals surface area contributed by atoms with Gasteiger partial charge in [-0.25, -0.2) is 14.6 Å². The molecule has 1 unspecified atom stereocenters. The molecule has 0 spiro atoms. The standard InChI is InChI=1S/C18H20N2O4S/c21-17(22)15-12-25-16(19-15)9-14-7-4-8-20(10-14)18(23)24-11-13-5-2-1-3-6-13/h1-3,5-6,12,14H,4,7-11H2,(H,21,22). The van der Waals surface area contributed by atoms with Crippen molar-refractivity contribution in [1.29, 1.82) is 0 Å². The lowest BCUT2D eigenvalue weighted by Crippen LogP contribution is -2.40. The highest BCUT2D eigenvalue weighted by atomic mass is 32.1. The van der Waals surface area contributed by atoms with Gasteiger partial charge in [0.05, 0.1) is 5.01 Å². The third-order valence-electron chi connectivity index (χ3n) is 4.22. The van der Waals surface area contributed by atoms with Gasteiger partial charge in [-0.15, -0.1) is 11.3 Å². The Morgan fingerprint density at radius 1 is 1.32 bits per heavy atom. The molecular weight excluding hydrogens is 340 g/mol. The number of benzene rings is 1. The average molecular weight is 360 g/mol. The minimum absolute atomic E-state index is 0.0925. The Hall–Kier alpha value is -2.41. The molecule has 0 radical (unpaired) electrons. The summed E-state index contributed by atoms with van der Waals surface area (Å²) < 4.78 is 5.40. The number of carboxylic acid groups (broad SMARTS) is 1. The normalized spacial score (nSPS) is 17.3. The van der Waals surface area contributed by atoms with E-state index in [9.17, 15) is 9.59 Å². The van der Waals surface area contributed by atoms with Gasteiger partial charge in [0.25, 0.3) is 0 Å². The summed E-state index contributed by atoms with van der Waals surface area (Å²) in [6, 6.07) is 9.61. The number of hydrogen-bond acceptors (Lipinski definition) is 5. The summed E-state index contributed by atoms with van der Waals surface area (Å²) in [5.41, 5.74) is 1.06. The molecule has 2 heterocycles. The van der Waals surface area contributed by atoms with Crippen LogP contribution >= 0.6 is 11.3 Å². The van der Waals surface area contributed by atoms with Gasteiger partial charge in [0, 0.05) is 24.9 Å². The first-order chi connectivity index (χ1) is 12.1. The van der Waals surface area contributed by atoms with Gasteiger partial charge in [-0.3, -0.25) is 0 Å². The Morgan fingerprint density at radius 3 is 2.84 bits per heavy atom. The molecule has 7 heteroatoms. The summed E-state index contributed by atoms with van der Waals surface area (Å²) in [6.07, 6.45) is 2.33. The lowest BCUT2D eigenvalue weighted by atomic mass is 9.95. The molecule has 1 aliphatic rings. The number of thiazole rings is 1. The van der Waals surface area contributed by atoms with Crippen molar-refractivity contribution in [3.8, 4) is 0 Å². The average Bonchev–Trinajstić information content (AvgIpc) is 3.09. The second kappa shape index (κ2) is 8.11. The second-order valence-electron chi connectivity index (χ2n) is 6.13. The van der Waals surface area contributed by atoms with E-state index in [0.29, 0.717) is 19.5 Å². The molecule has 0 saturated carbocycles. The fraction of sp³-hybridized carbons (Fsp3) is 0.389. The Kier molecular flexibility index (Phi) is 5.65. The Labute approximate surface area is 150 Å². The largest absolute Gasteiger partial charge is 0.476 e. The Bertz CT molecular complexity index is 732. The van der Waals surface area contributed by atoms with E-state index in [1.54, 1.807) is 10.3 Å². The van der Waals surface area contributed by atoms with E-state index >= 15 is 0 Å². The van der Waals surface area contributed by atoms with Gasteiger partial charge in [-0.05, 0) is 24.3 Å². The zero-order valence-corrected chi connectivity index (χ0v) is 14.6. The number of aromatic carboxylic acids is 1. The van der Waals surface area contributed by atoms with Crippen molar-refractivity contribution >= 4 is 23.4 Å². The first kappa shape index (κ1) is 17.4. The molecule has 1 fully saturated rings. The minimum atomic E-state index is -1.00. The molecule has 0 aliphatic carbocycles. The number of nitrogens with zero attached hydrogens (tertiary/aromatic N) is 2. The van der Waals surface area contributed by atoms with E-state index in [-0.39, 0.29) is 24.3 Å². The summed E-state index contributed by atoms with van der Waals surface area (Å²) in [7, 11) is 0. The number of rotatable bonds is 5. The molecule has 2 aromatic rings. The van der Waals surface area contributed by atoms with Crippen molar-refractivity contribution in [2.75, 3.05) is 13.1 Å². The van der Waals surface area contributed by atoms with Gasteiger partial charge in [-0.1, -0.05) is 30.3 Å². The monoisotopic (exact) mass is 360 g/mol. The van der Waals surface area contributed by atoms with Crippen LogP contribution in [-0.2, 0) is 17.8 Å². The van der Waals surface area contributed by atoms with E-state index in [4.69, 9.17) is 9.84 Å². The van der Waals surface area contributed by atoms with E-state index < -0.39 is 5.97 Å². The van der Waals surface area contributed by atoms with Gasteiger partial charge in [0.2, 0.25) is 0 Å². The number of carbonyl (C=O) groups excluding carboxylic acids is 1. The van der Waals surface area contributed by atoms with Crippen LogP contribution in [-0.4, -0.2) is 40.1 Å². The zero-order chi connectivity index (χ0) is 17.6. The fourth-order valence-electron chi connectivity index (χ4n) is 2.96. The molecule has 25 heavy (non-hydrogen) atoms. The van der Waals surface area contributed by atoms with Crippen LogP contribution in [0.25, 0.3) is 0 Å². The van der Waals surface area contributed by atoms with Crippen LogP contribution in [0.15, 0.2) is 35.7 Å². The van der Waals surface area contributed by atoms with Gasteiger partial charge < -0.3 is 14.7 Å². The van der Waals surface area contributed by atoms with Crippen LogP contribution < -0.4 is 0 Å². The number of hydrogen-bond donors (Lipinski definition) is 1. The first-order valence-corrected chi connectivity index (χ1v) is 9.13. The molecule has 1 aliphatic heterocycles. The molecule has 6 nitrogen and oxygen atoms in total. The summed E-state index contributed by atoms with van der Waals surface area (Å²) in [5.74, 6) is -0.719. The Morgan fingerprint density at radius 2 is 2.12 bits per heavy atom. The molecule has 1 amide bonds. The third kappa shape index (κ3) is 4.79. The smallest absolute Gasteiger partial charge is 0.410 e. The highest BCUT2D eigenvalue weighted by molar-refractivity contribution is 7.09. The summed E-state index contributed by atoms with van der Waals surface area (Å²) in [6.45, 7) is 1.59. The molecule has 132 valence electrons. The fourth-order valence-corrected chi connectivity index (χ4v) is 3.84. The highest BCUT2D eigenvalue weighted by Gasteiger charge is 2.25. The van der Waals surface area contributed by atoms with Crippen LogP contribution in [0.5, 0.6) is 0 Å². The maximum atomic E-state index is 12.3. The van der Waals surface area contributed by atoms with Crippen molar-refractivity contribution in [3.63, 3.8) is 0 Å². The lowest BCUT2D eigenvalue weighted by Gasteiger charge is -2.31. The van der Waals surface area contributed by atoms with Gasteiger partial charge in [-0.2, -0.15) is 0 Å². The van der Waals surface area contributed by atoms with Crippen LogP contribution in [0.1, 0.15) is 33.9 Å². The predicted octanol–water partition coefficient (Wildman–Crippen LogP) is 3.43. The van der Waals surface area contributed by atoms with E-state index in [2.05, 4.69) is 4.98 Å². The van der Waals surface area contributed by atoms with Crippen LogP contribution in [0.2, 0.25) is 0 Å². The van der Waals surface area contributed by atoms with Crippen molar-refractivity contribution < 1.29 is 19.4 Å². The zero-order valence-electron chi connectivity index (χ0n) is 13.8. The van der Waals surface area contributed by atoms with Crippen LogP contribution in [0.3, 0.4) is 0 Å². The van der Waals surface area contributed by atoms with Gasteiger partial charge >= 0.3 is 12.1 Å². The number of ether oxygens (including phenoxy) is 1. The number of carboxylic acids is 1. The molecule has 1 aromatic carbocycles. The lowest BCUT2D eigenvalue weighted by molar-refractivity contribution is 0.0691. The maximum absolute atomic E-state index is 12.3. The minimum Gasteiger partial charge on any atom is -0.476 e. The number of amides is 1. The van der Waals surface area contributed by atoms with Gasteiger partial charge in [0.1, 0.15) is 6.61 Å². The summed E-state index contributed by atoms with van der Waals surface area (Å²) in [5, 5.41) is 11.3. The highest BCUT2D eigenvalue weighted by Crippen LogP contribution is 2.23.